The van der Waals surface area contributed by atoms with Crippen molar-refractivity contribution in [2.45, 2.75) is 26.4 Å². The first-order chi connectivity index (χ1) is 12.0. The largest absolute Gasteiger partial charge is 0.346 e. The van der Waals surface area contributed by atoms with E-state index in [0.29, 0.717) is 5.13 Å². The zero-order valence-electron chi connectivity index (χ0n) is 14.9. The molecule has 26 heavy (non-hydrogen) atoms. The lowest BCUT2D eigenvalue weighted by atomic mass is 10.1. The van der Waals surface area contributed by atoms with Crippen LogP contribution in [0.1, 0.15) is 19.5 Å². The predicted octanol–water partition coefficient (Wildman–Crippen LogP) is 2.27. The second-order valence-corrected chi connectivity index (χ2v) is 8.21. The van der Waals surface area contributed by atoms with Crippen LogP contribution in [-0.4, -0.2) is 53.0 Å². The van der Waals surface area contributed by atoms with Gasteiger partial charge in [-0.05, 0) is 5.92 Å². The quantitative estimate of drug-likeness (QED) is 0.751. The fourth-order valence-electron chi connectivity index (χ4n) is 2.63. The fourth-order valence-corrected chi connectivity index (χ4v) is 4.03. The van der Waals surface area contributed by atoms with Gasteiger partial charge < -0.3 is 16.0 Å². The number of nitrogens with two attached hydrogens (primary N) is 1. The molecule has 0 radical (unpaired) electrons. The molecule has 0 bridgehead atoms. The number of nitrogens with zero attached hydrogens (tertiary/aromatic N) is 4. The van der Waals surface area contributed by atoms with Crippen molar-refractivity contribution < 1.29 is 4.79 Å². The Balaban J connectivity index is 0.00000243. The third-order valence-corrected chi connectivity index (χ3v) is 5.89. The van der Waals surface area contributed by atoms with Crippen molar-refractivity contribution >= 4 is 51.3 Å². The van der Waals surface area contributed by atoms with Gasteiger partial charge in [-0.25, -0.2) is 9.97 Å². The van der Waals surface area contributed by atoms with Gasteiger partial charge in [0.2, 0.25) is 5.91 Å². The molecule has 0 aromatic carbocycles. The van der Waals surface area contributed by atoms with Crippen LogP contribution in [0.4, 0.5) is 10.3 Å². The van der Waals surface area contributed by atoms with Crippen molar-refractivity contribution in [1.82, 2.24) is 14.9 Å². The van der Waals surface area contributed by atoms with Crippen LogP contribution in [-0.2, 0) is 11.3 Å². The summed E-state index contributed by atoms with van der Waals surface area (Å²) in [6.45, 7) is 8.59. The van der Waals surface area contributed by atoms with Gasteiger partial charge >= 0.3 is 0 Å². The Morgan fingerprint density at radius 3 is 2.65 bits per heavy atom. The highest BCUT2D eigenvalue weighted by molar-refractivity contribution is 7.14. The highest BCUT2D eigenvalue weighted by atomic mass is 35.5. The maximum Gasteiger partial charge on any atom is 0.243 e. The van der Waals surface area contributed by atoms with Gasteiger partial charge in [-0.15, -0.1) is 35.1 Å². The molecule has 0 unspecified atom stereocenters. The lowest BCUT2D eigenvalue weighted by molar-refractivity contribution is -0.118. The van der Waals surface area contributed by atoms with Crippen LogP contribution in [0.3, 0.4) is 0 Å². The average molecular weight is 417 g/mol. The van der Waals surface area contributed by atoms with E-state index in [4.69, 9.17) is 5.73 Å². The van der Waals surface area contributed by atoms with Gasteiger partial charge in [0.05, 0.1) is 11.7 Å². The topological polar surface area (TPSA) is 87.4 Å². The number of piperazine rings is 1. The number of carbonyl (C=O) groups excluding carboxylic acids is 1. The number of anilines is 2. The van der Waals surface area contributed by atoms with E-state index in [2.05, 4.69) is 25.1 Å². The zero-order chi connectivity index (χ0) is 17.8. The van der Waals surface area contributed by atoms with E-state index < -0.39 is 6.04 Å². The monoisotopic (exact) mass is 416 g/mol. The van der Waals surface area contributed by atoms with Crippen molar-refractivity contribution in [3.63, 3.8) is 0 Å². The third-order valence-electron chi connectivity index (χ3n) is 4.25. The molecular weight excluding hydrogens is 392 g/mol. The molecule has 3 heterocycles. The summed E-state index contributed by atoms with van der Waals surface area (Å²) in [6, 6.07) is -0.508. The first kappa shape index (κ1) is 21.0. The van der Waals surface area contributed by atoms with Crippen molar-refractivity contribution in [3.05, 3.63) is 22.7 Å². The summed E-state index contributed by atoms with van der Waals surface area (Å²) < 4.78 is 0. The number of amides is 1. The van der Waals surface area contributed by atoms with Gasteiger partial charge in [0.15, 0.2) is 10.3 Å². The number of halogens is 1. The Labute approximate surface area is 168 Å². The van der Waals surface area contributed by atoms with Gasteiger partial charge in [0, 0.05) is 49.7 Å². The highest BCUT2D eigenvalue weighted by Crippen LogP contribution is 2.21. The summed E-state index contributed by atoms with van der Waals surface area (Å²) in [7, 11) is 0. The molecule has 1 amide bonds. The predicted molar refractivity (Wildman–Crippen MR) is 110 cm³/mol. The third kappa shape index (κ3) is 5.37. The summed E-state index contributed by atoms with van der Waals surface area (Å²) in [4.78, 5) is 25.6. The number of aromatic nitrogens is 2. The van der Waals surface area contributed by atoms with E-state index in [-0.39, 0.29) is 24.2 Å². The molecule has 0 aliphatic carbocycles. The first-order valence-corrected chi connectivity index (χ1v) is 10.2. The lowest BCUT2D eigenvalue weighted by Gasteiger charge is -2.34. The maximum atomic E-state index is 12.0. The molecule has 1 fully saturated rings. The van der Waals surface area contributed by atoms with E-state index in [1.165, 1.54) is 11.3 Å². The smallest absolute Gasteiger partial charge is 0.243 e. The van der Waals surface area contributed by atoms with E-state index in [1.807, 2.05) is 30.8 Å². The van der Waals surface area contributed by atoms with E-state index in [1.54, 1.807) is 11.3 Å². The summed E-state index contributed by atoms with van der Waals surface area (Å²) in [6.07, 6.45) is 1.85. The molecule has 3 rings (SSSR count). The number of hydrogen-bond donors (Lipinski definition) is 2. The second-order valence-electron chi connectivity index (χ2n) is 6.48. The number of thiazole rings is 2. The molecule has 1 atom stereocenters. The number of nitrogens with one attached hydrogen (secondary N) is 1. The van der Waals surface area contributed by atoms with Crippen molar-refractivity contribution in [1.29, 1.82) is 0 Å². The summed E-state index contributed by atoms with van der Waals surface area (Å²) in [5.74, 6) is -0.0680. The van der Waals surface area contributed by atoms with Crippen molar-refractivity contribution in [2.75, 3.05) is 36.4 Å². The van der Waals surface area contributed by atoms with Crippen LogP contribution in [0.5, 0.6) is 0 Å². The molecule has 2 aromatic rings. The fraction of sp³-hybridized carbons (Fsp3) is 0.562. The molecule has 1 saturated heterocycles. The normalized spacial score (nSPS) is 16.4. The SMILES string of the molecule is CC(C)[C@H](N)C(=O)Nc1nc(CN2CCN(c3nccs3)CC2)cs1.Cl. The number of hydrogen-bond acceptors (Lipinski definition) is 8. The molecule has 144 valence electrons. The van der Waals surface area contributed by atoms with Gasteiger partial charge in [0.1, 0.15) is 0 Å². The Morgan fingerprint density at radius 2 is 2.04 bits per heavy atom. The minimum atomic E-state index is -0.508. The van der Waals surface area contributed by atoms with Crippen LogP contribution in [0.15, 0.2) is 17.0 Å². The zero-order valence-corrected chi connectivity index (χ0v) is 17.4. The van der Waals surface area contributed by atoms with E-state index in [0.717, 1.165) is 43.5 Å². The summed E-state index contributed by atoms with van der Waals surface area (Å²) >= 11 is 3.13. The van der Waals surface area contributed by atoms with Crippen LogP contribution in [0.2, 0.25) is 0 Å². The molecule has 1 aliphatic heterocycles. The molecule has 0 saturated carbocycles. The molecule has 10 heteroatoms. The highest BCUT2D eigenvalue weighted by Gasteiger charge is 2.21. The van der Waals surface area contributed by atoms with Crippen molar-refractivity contribution in [2.24, 2.45) is 11.7 Å². The van der Waals surface area contributed by atoms with Crippen LogP contribution < -0.4 is 16.0 Å². The summed E-state index contributed by atoms with van der Waals surface area (Å²) in [5.41, 5.74) is 6.85. The maximum absolute atomic E-state index is 12.0. The molecule has 1 aliphatic rings. The molecule has 3 N–H and O–H groups in total. The van der Waals surface area contributed by atoms with Gasteiger partial charge in [-0.1, -0.05) is 13.8 Å². The molecule has 7 nitrogen and oxygen atoms in total. The minimum Gasteiger partial charge on any atom is -0.346 e. The van der Waals surface area contributed by atoms with Gasteiger partial charge in [-0.3, -0.25) is 9.69 Å². The van der Waals surface area contributed by atoms with Gasteiger partial charge in [0.25, 0.3) is 0 Å². The first-order valence-electron chi connectivity index (χ1n) is 8.40. The van der Waals surface area contributed by atoms with E-state index in [9.17, 15) is 4.79 Å². The standard InChI is InChI=1S/C16H24N6OS2.ClH/c1-11(2)13(17)14(23)20-15-19-12(10-25-15)9-21-4-6-22(7-5-21)16-18-3-8-24-16;/h3,8,10-11,13H,4-7,9,17H2,1-2H3,(H,19,20,23);1H/t13-;/m0./s1. The Bertz CT molecular complexity index is 685. The molecule has 0 spiro atoms. The lowest BCUT2D eigenvalue weighted by Crippen LogP contribution is -2.46. The van der Waals surface area contributed by atoms with E-state index >= 15 is 0 Å². The molecule has 2 aromatic heterocycles. The van der Waals surface area contributed by atoms with Crippen LogP contribution in [0, 0.1) is 5.92 Å². The second kappa shape index (κ2) is 9.61. The Kier molecular flexibility index (Phi) is 7.78. The average Bonchev–Trinajstić information content (AvgIpc) is 3.27. The number of rotatable bonds is 6. The number of carbonyl (C=O) groups is 1. The van der Waals surface area contributed by atoms with Gasteiger partial charge in [-0.2, -0.15) is 0 Å². The van der Waals surface area contributed by atoms with Crippen LogP contribution >= 0.6 is 35.1 Å². The minimum absolute atomic E-state index is 0. The summed E-state index contributed by atoms with van der Waals surface area (Å²) in [5, 5.41) is 8.55. The Hall–Kier alpha value is -1.26. The van der Waals surface area contributed by atoms with Crippen LogP contribution in [0.25, 0.3) is 0 Å². The van der Waals surface area contributed by atoms with Crippen molar-refractivity contribution in [3.8, 4) is 0 Å². The molecular formula is C16H25ClN6OS2. The Morgan fingerprint density at radius 1 is 1.31 bits per heavy atom.